The summed E-state index contributed by atoms with van der Waals surface area (Å²) in [5.41, 5.74) is 0.508. The number of rotatable bonds is 6. The molecule has 3 heterocycles. The molecule has 10 heteroatoms. The summed E-state index contributed by atoms with van der Waals surface area (Å²) in [4.78, 5) is 2.24. The van der Waals surface area contributed by atoms with Crippen LogP contribution >= 0.6 is 0 Å². The highest BCUT2D eigenvalue weighted by Crippen LogP contribution is 2.31. The van der Waals surface area contributed by atoms with Crippen LogP contribution in [-0.2, 0) is 16.6 Å². The Kier molecular flexibility index (Phi) is 6.00. The van der Waals surface area contributed by atoms with Gasteiger partial charge in [-0.15, -0.1) is 0 Å². The highest BCUT2D eigenvalue weighted by molar-refractivity contribution is 7.89. The summed E-state index contributed by atoms with van der Waals surface area (Å²) >= 11 is 0. The molecule has 0 saturated carbocycles. The van der Waals surface area contributed by atoms with Gasteiger partial charge in [-0.1, -0.05) is 6.07 Å². The largest absolute Gasteiger partial charge is 0.490 e. The molecule has 0 atom stereocenters. The van der Waals surface area contributed by atoms with E-state index in [1.54, 1.807) is 28.6 Å². The van der Waals surface area contributed by atoms with Crippen LogP contribution in [0.1, 0.15) is 19.3 Å². The molecule has 0 aliphatic carbocycles. The second-order valence-electron chi connectivity index (χ2n) is 7.98. The van der Waals surface area contributed by atoms with E-state index >= 15 is 0 Å². The van der Waals surface area contributed by atoms with Crippen LogP contribution in [0.4, 0.5) is 13.2 Å². The van der Waals surface area contributed by atoms with Crippen molar-refractivity contribution < 1.29 is 26.3 Å². The van der Waals surface area contributed by atoms with E-state index in [1.807, 2.05) is 0 Å². The Morgan fingerprint density at radius 2 is 1.83 bits per heavy atom. The molecule has 1 aromatic carbocycles. The summed E-state index contributed by atoms with van der Waals surface area (Å²) in [6.07, 6.45) is -0.537. The number of sulfonamides is 1. The van der Waals surface area contributed by atoms with Gasteiger partial charge in [0.1, 0.15) is 18.4 Å². The van der Waals surface area contributed by atoms with E-state index in [1.165, 1.54) is 10.8 Å². The van der Waals surface area contributed by atoms with Crippen molar-refractivity contribution in [3.63, 3.8) is 0 Å². The zero-order valence-corrected chi connectivity index (χ0v) is 17.5. The van der Waals surface area contributed by atoms with E-state index in [4.69, 9.17) is 4.74 Å². The van der Waals surface area contributed by atoms with Gasteiger partial charge < -0.3 is 14.2 Å². The van der Waals surface area contributed by atoms with E-state index in [0.29, 0.717) is 42.7 Å². The predicted molar refractivity (Wildman–Crippen MR) is 108 cm³/mol. The van der Waals surface area contributed by atoms with Crippen molar-refractivity contribution in [3.05, 3.63) is 30.5 Å². The lowest BCUT2D eigenvalue weighted by molar-refractivity contribution is -0.139. The first-order chi connectivity index (χ1) is 14.2. The third-order valence-electron chi connectivity index (χ3n) is 5.82. The molecule has 2 aliphatic rings. The van der Waals surface area contributed by atoms with E-state index in [9.17, 15) is 21.6 Å². The number of hydrogen-bond donors (Lipinski definition) is 0. The first-order valence-electron chi connectivity index (χ1n) is 10.2. The van der Waals surface area contributed by atoms with Gasteiger partial charge in [0, 0.05) is 44.3 Å². The topological polar surface area (TPSA) is 54.8 Å². The lowest BCUT2D eigenvalue weighted by atomic mass is 10.1. The number of ether oxygens (including phenoxy) is 1. The molecular weight excluding hydrogens is 419 g/mol. The Morgan fingerprint density at radius 1 is 1.07 bits per heavy atom. The summed E-state index contributed by atoms with van der Waals surface area (Å²) in [5, 5.41) is 0.684. The van der Waals surface area contributed by atoms with Gasteiger partial charge in [0.25, 0.3) is 0 Å². The maximum Gasteiger partial charge on any atom is 0.406 e. The molecule has 6 nitrogen and oxygen atoms in total. The number of alkyl halides is 3. The van der Waals surface area contributed by atoms with Crippen molar-refractivity contribution in [2.75, 3.05) is 38.5 Å². The highest BCUT2D eigenvalue weighted by atomic mass is 32.2. The Hall–Kier alpha value is -1.78. The molecule has 0 amide bonds. The molecular formula is C20H26F3N3O3S. The maximum absolute atomic E-state index is 12.8. The molecule has 0 spiro atoms. The molecule has 0 unspecified atom stereocenters. The molecule has 0 radical (unpaired) electrons. The summed E-state index contributed by atoms with van der Waals surface area (Å²) in [6, 6.07) is 6.85. The Morgan fingerprint density at radius 3 is 2.50 bits per heavy atom. The first kappa shape index (κ1) is 21.5. The van der Waals surface area contributed by atoms with E-state index in [-0.39, 0.29) is 11.9 Å². The summed E-state index contributed by atoms with van der Waals surface area (Å²) in [5.74, 6) is 0.856. The first-order valence-corrected chi connectivity index (χ1v) is 11.8. The van der Waals surface area contributed by atoms with Crippen LogP contribution in [0.2, 0.25) is 0 Å². The van der Waals surface area contributed by atoms with Gasteiger partial charge in [0.2, 0.25) is 10.0 Å². The minimum atomic E-state index is -4.27. The predicted octanol–water partition coefficient (Wildman–Crippen LogP) is 3.08. The van der Waals surface area contributed by atoms with E-state index in [2.05, 4.69) is 4.90 Å². The van der Waals surface area contributed by atoms with Crippen molar-refractivity contribution in [1.82, 2.24) is 13.8 Å². The van der Waals surface area contributed by atoms with Gasteiger partial charge in [-0.2, -0.15) is 13.2 Å². The zero-order chi connectivity index (χ0) is 21.4. The molecule has 30 heavy (non-hydrogen) atoms. The molecule has 2 fully saturated rings. The number of halogens is 3. The van der Waals surface area contributed by atoms with Crippen LogP contribution in [-0.4, -0.2) is 72.9 Å². The number of likely N-dealkylation sites (tertiary alicyclic amines) is 1. The van der Waals surface area contributed by atoms with Crippen LogP contribution in [0.15, 0.2) is 30.5 Å². The molecule has 1 aromatic heterocycles. The zero-order valence-electron chi connectivity index (χ0n) is 16.6. The van der Waals surface area contributed by atoms with Gasteiger partial charge in [-0.3, -0.25) is 0 Å². The quantitative estimate of drug-likeness (QED) is 0.686. The van der Waals surface area contributed by atoms with Gasteiger partial charge in [0.15, 0.2) is 0 Å². The van der Waals surface area contributed by atoms with Crippen LogP contribution in [0.25, 0.3) is 10.9 Å². The number of fused-ring (bicyclic) bond motifs is 1. The average Bonchev–Trinajstić information content (AvgIpc) is 3.23. The Balaban J connectivity index is 1.32. The maximum atomic E-state index is 12.8. The fourth-order valence-corrected chi connectivity index (χ4v) is 5.77. The Bertz CT molecular complexity index is 982. The van der Waals surface area contributed by atoms with Crippen LogP contribution < -0.4 is 4.74 Å². The van der Waals surface area contributed by atoms with Gasteiger partial charge in [0.05, 0.1) is 11.3 Å². The number of piperidine rings is 1. The minimum absolute atomic E-state index is 0.00617. The van der Waals surface area contributed by atoms with Crippen LogP contribution in [0.5, 0.6) is 5.75 Å². The molecule has 166 valence electrons. The standard InChI is InChI=1S/C20H26F3N3O3S/c21-20(22,23)15-25-11-7-17-18(25)3-1-4-19(17)29-16-5-9-24(10-6-16)12-13-26-8-2-14-30(26,27)28/h1,3-4,7,11,16H,2,5-6,8-10,12-15H2. The lowest BCUT2D eigenvalue weighted by Gasteiger charge is -2.33. The van der Waals surface area contributed by atoms with E-state index < -0.39 is 22.7 Å². The van der Waals surface area contributed by atoms with Crippen LogP contribution in [0.3, 0.4) is 0 Å². The third-order valence-corrected chi connectivity index (χ3v) is 7.78. The molecule has 2 aromatic rings. The SMILES string of the molecule is O=S1(=O)CCCN1CCN1CCC(Oc2cccc3c2ccn3CC(F)(F)F)CC1. The summed E-state index contributed by atoms with van der Waals surface area (Å²) < 4.78 is 71.0. The smallest absolute Gasteiger partial charge is 0.406 e. The number of benzene rings is 1. The molecule has 2 saturated heterocycles. The van der Waals surface area contributed by atoms with E-state index in [0.717, 1.165) is 25.9 Å². The molecule has 2 aliphatic heterocycles. The average molecular weight is 446 g/mol. The van der Waals surface area contributed by atoms with Crippen molar-refractivity contribution in [1.29, 1.82) is 0 Å². The second-order valence-corrected chi connectivity index (χ2v) is 10.1. The Labute approximate surface area is 174 Å². The van der Waals surface area contributed by atoms with Gasteiger partial charge in [-0.05, 0) is 37.5 Å². The fourth-order valence-electron chi connectivity index (χ4n) is 4.25. The monoisotopic (exact) mass is 445 g/mol. The normalized spacial score (nSPS) is 21.4. The molecule has 0 N–H and O–H groups in total. The molecule has 4 rings (SSSR count). The highest BCUT2D eigenvalue weighted by Gasteiger charge is 2.30. The van der Waals surface area contributed by atoms with Crippen molar-refractivity contribution in [2.24, 2.45) is 0 Å². The molecule has 0 bridgehead atoms. The number of nitrogens with zero attached hydrogens (tertiary/aromatic N) is 3. The van der Waals surface area contributed by atoms with Gasteiger partial charge >= 0.3 is 6.18 Å². The summed E-state index contributed by atoms with van der Waals surface area (Å²) in [7, 11) is -3.06. The second kappa shape index (κ2) is 8.39. The summed E-state index contributed by atoms with van der Waals surface area (Å²) in [6.45, 7) is 2.44. The van der Waals surface area contributed by atoms with Gasteiger partial charge in [-0.25, -0.2) is 12.7 Å². The minimum Gasteiger partial charge on any atom is -0.490 e. The number of hydrogen-bond acceptors (Lipinski definition) is 4. The van der Waals surface area contributed by atoms with Crippen molar-refractivity contribution >= 4 is 20.9 Å². The third kappa shape index (κ3) is 4.92. The van der Waals surface area contributed by atoms with Crippen molar-refractivity contribution in [2.45, 2.75) is 38.1 Å². The number of aromatic nitrogens is 1. The lowest BCUT2D eigenvalue weighted by Crippen LogP contribution is -2.42. The van der Waals surface area contributed by atoms with Crippen molar-refractivity contribution in [3.8, 4) is 5.75 Å². The van der Waals surface area contributed by atoms with Crippen LogP contribution in [0, 0.1) is 0 Å². The fraction of sp³-hybridized carbons (Fsp3) is 0.600.